The van der Waals surface area contributed by atoms with Crippen LogP contribution in [0.1, 0.15) is 26.2 Å². The Kier molecular flexibility index (Phi) is 2.22. The van der Waals surface area contributed by atoms with Crippen LogP contribution in [0.5, 0.6) is 0 Å². The summed E-state index contributed by atoms with van der Waals surface area (Å²) in [5.74, 6) is 0. The molecule has 0 aromatic heterocycles. The van der Waals surface area contributed by atoms with Crippen molar-refractivity contribution in [2.24, 2.45) is 0 Å². The summed E-state index contributed by atoms with van der Waals surface area (Å²) in [6, 6.07) is 0. The first-order valence-electron chi connectivity index (χ1n) is 3.49. The monoisotopic (exact) mass is 128 g/mol. The first kappa shape index (κ1) is 6.75. The van der Waals surface area contributed by atoms with Crippen LogP contribution in [0.15, 0.2) is 0 Å². The zero-order valence-electron chi connectivity index (χ0n) is 5.67. The molecule has 2 nitrogen and oxygen atoms in total. The molecule has 1 heterocycles. The van der Waals surface area contributed by atoms with E-state index in [1.807, 2.05) is 0 Å². The number of epoxide rings is 1. The van der Waals surface area contributed by atoms with Crippen LogP contribution >= 0.6 is 0 Å². The summed E-state index contributed by atoms with van der Waals surface area (Å²) in [4.78, 5) is 10.0. The molecule has 0 saturated carbocycles. The molecule has 2 atom stereocenters. The molecule has 1 fully saturated rings. The quantitative estimate of drug-likeness (QED) is 0.419. The highest BCUT2D eigenvalue weighted by Crippen LogP contribution is 2.24. The Morgan fingerprint density at radius 1 is 1.67 bits per heavy atom. The molecule has 1 saturated heterocycles. The zero-order valence-corrected chi connectivity index (χ0v) is 5.67. The highest BCUT2D eigenvalue weighted by atomic mass is 16.6. The SMILES string of the molecule is CCCC[C@H]1O[C@H]1C=O. The third-order valence-electron chi connectivity index (χ3n) is 1.60. The number of hydrogen-bond donors (Lipinski definition) is 0. The number of aldehydes is 1. The largest absolute Gasteiger partial charge is 0.362 e. The Morgan fingerprint density at radius 3 is 2.89 bits per heavy atom. The van der Waals surface area contributed by atoms with Crippen molar-refractivity contribution in [3.05, 3.63) is 0 Å². The van der Waals surface area contributed by atoms with Crippen molar-refractivity contribution in [2.75, 3.05) is 0 Å². The standard InChI is InChI=1S/C7H12O2/c1-2-3-4-6-7(5-8)9-6/h5-7H,2-4H2,1H3/t6-,7+/m1/s1. The van der Waals surface area contributed by atoms with Gasteiger partial charge in [-0.15, -0.1) is 0 Å². The van der Waals surface area contributed by atoms with Gasteiger partial charge in [0.1, 0.15) is 6.10 Å². The molecule has 0 bridgehead atoms. The molecular formula is C7H12O2. The average molecular weight is 128 g/mol. The van der Waals surface area contributed by atoms with Crippen molar-refractivity contribution in [1.82, 2.24) is 0 Å². The minimum atomic E-state index is -0.0588. The summed E-state index contributed by atoms with van der Waals surface area (Å²) in [5, 5.41) is 0. The van der Waals surface area contributed by atoms with E-state index in [1.165, 1.54) is 12.8 Å². The lowest BCUT2D eigenvalue weighted by atomic mass is 10.2. The molecule has 0 radical (unpaired) electrons. The first-order chi connectivity index (χ1) is 4.38. The fourth-order valence-corrected chi connectivity index (χ4v) is 0.914. The van der Waals surface area contributed by atoms with Gasteiger partial charge < -0.3 is 9.53 Å². The fourth-order valence-electron chi connectivity index (χ4n) is 0.914. The normalized spacial score (nSPS) is 32.1. The minimum Gasteiger partial charge on any atom is -0.362 e. The van der Waals surface area contributed by atoms with Gasteiger partial charge in [0.15, 0.2) is 6.29 Å². The predicted octanol–water partition coefficient (Wildman–Crippen LogP) is 1.14. The highest BCUT2D eigenvalue weighted by molar-refractivity contribution is 5.60. The van der Waals surface area contributed by atoms with Crippen LogP contribution < -0.4 is 0 Å². The van der Waals surface area contributed by atoms with Crippen molar-refractivity contribution in [1.29, 1.82) is 0 Å². The Labute approximate surface area is 55.2 Å². The van der Waals surface area contributed by atoms with Gasteiger partial charge in [-0.2, -0.15) is 0 Å². The molecule has 0 aromatic rings. The van der Waals surface area contributed by atoms with E-state index in [0.29, 0.717) is 0 Å². The van der Waals surface area contributed by atoms with E-state index < -0.39 is 0 Å². The second kappa shape index (κ2) is 2.97. The zero-order chi connectivity index (χ0) is 6.69. The van der Waals surface area contributed by atoms with Crippen LogP contribution in [0.2, 0.25) is 0 Å². The molecule has 0 aliphatic carbocycles. The molecule has 1 aliphatic heterocycles. The van der Waals surface area contributed by atoms with Gasteiger partial charge >= 0.3 is 0 Å². The Morgan fingerprint density at radius 2 is 2.44 bits per heavy atom. The summed E-state index contributed by atoms with van der Waals surface area (Å²) in [5.41, 5.74) is 0. The van der Waals surface area contributed by atoms with Gasteiger partial charge in [0.2, 0.25) is 0 Å². The Balaban J connectivity index is 1.98. The smallest absolute Gasteiger partial charge is 0.151 e. The van der Waals surface area contributed by atoms with Crippen LogP contribution in [-0.2, 0) is 9.53 Å². The maximum absolute atomic E-state index is 10.0. The van der Waals surface area contributed by atoms with Crippen LogP contribution in [0.25, 0.3) is 0 Å². The van der Waals surface area contributed by atoms with Crippen LogP contribution in [0.4, 0.5) is 0 Å². The summed E-state index contributed by atoms with van der Waals surface area (Å²) < 4.78 is 5.00. The number of hydrogen-bond acceptors (Lipinski definition) is 2. The molecule has 0 spiro atoms. The van der Waals surface area contributed by atoms with Gasteiger partial charge in [-0.1, -0.05) is 19.8 Å². The number of unbranched alkanes of at least 4 members (excludes halogenated alkanes) is 1. The Hall–Kier alpha value is -0.370. The number of carbonyl (C=O) groups excluding carboxylic acids is 1. The van der Waals surface area contributed by atoms with E-state index in [0.717, 1.165) is 12.7 Å². The van der Waals surface area contributed by atoms with Crippen molar-refractivity contribution >= 4 is 6.29 Å². The van der Waals surface area contributed by atoms with E-state index in [1.54, 1.807) is 0 Å². The molecule has 1 rings (SSSR count). The molecule has 2 heteroatoms. The third-order valence-corrected chi connectivity index (χ3v) is 1.60. The fraction of sp³-hybridized carbons (Fsp3) is 0.857. The molecule has 0 unspecified atom stereocenters. The summed E-state index contributed by atoms with van der Waals surface area (Å²) >= 11 is 0. The molecule has 0 N–H and O–H groups in total. The predicted molar refractivity (Wildman–Crippen MR) is 34.2 cm³/mol. The van der Waals surface area contributed by atoms with Gasteiger partial charge in [-0.05, 0) is 6.42 Å². The van der Waals surface area contributed by atoms with Crippen molar-refractivity contribution in [3.8, 4) is 0 Å². The van der Waals surface area contributed by atoms with Crippen molar-refractivity contribution in [2.45, 2.75) is 38.4 Å². The number of carbonyl (C=O) groups is 1. The first-order valence-corrected chi connectivity index (χ1v) is 3.49. The van der Waals surface area contributed by atoms with Gasteiger partial charge in [-0.25, -0.2) is 0 Å². The van der Waals surface area contributed by atoms with Gasteiger partial charge in [0, 0.05) is 0 Å². The maximum Gasteiger partial charge on any atom is 0.151 e. The van der Waals surface area contributed by atoms with E-state index in [4.69, 9.17) is 4.74 Å². The van der Waals surface area contributed by atoms with E-state index in [9.17, 15) is 4.79 Å². The topological polar surface area (TPSA) is 29.6 Å². The van der Waals surface area contributed by atoms with Crippen molar-refractivity contribution in [3.63, 3.8) is 0 Å². The van der Waals surface area contributed by atoms with Crippen LogP contribution in [0.3, 0.4) is 0 Å². The van der Waals surface area contributed by atoms with Gasteiger partial charge in [0.25, 0.3) is 0 Å². The molecule has 0 amide bonds. The second-order valence-corrected chi connectivity index (χ2v) is 2.42. The van der Waals surface area contributed by atoms with E-state index >= 15 is 0 Å². The molecule has 52 valence electrons. The van der Waals surface area contributed by atoms with Crippen molar-refractivity contribution < 1.29 is 9.53 Å². The average Bonchev–Trinajstić information content (AvgIpc) is 2.62. The number of rotatable bonds is 4. The van der Waals surface area contributed by atoms with Gasteiger partial charge in [0.05, 0.1) is 6.10 Å². The lowest BCUT2D eigenvalue weighted by Crippen LogP contribution is -1.93. The lowest BCUT2D eigenvalue weighted by Gasteiger charge is -1.87. The third kappa shape index (κ3) is 1.79. The summed E-state index contributed by atoms with van der Waals surface area (Å²) in [6.45, 7) is 2.14. The molecular weight excluding hydrogens is 116 g/mol. The highest BCUT2D eigenvalue weighted by Gasteiger charge is 2.37. The second-order valence-electron chi connectivity index (χ2n) is 2.42. The van der Waals surface area contributed by atoms with Gasteiger partial charge in [-0.3, -0.25) is 0 Å². The summed E-state index contributed by atoms with van der Waals surface area (Å²) in [7, 11) is 0. The van der Waals surface area contributed by atoms with Crippen LogP contribution in [0, 0.1) is 0 Å². The maximum atomic E-state index is 10.0. The van der Waals surface area contributed by atoms with Crippen LogP contribution in [-0.4, -0.2) is 18.5 Å². The lowest BCUT2D eigenvalue weighted by molar-refractivity contribution is -0.108. The summed E-state index contributed by atoms with van der Waals surface area (Å²) in [6.07, 6.45) is 4.51. The molecule has 1 aliphatic rings. The number of ether oxygens (including phenoxy) is 1. The van der Waals surface area contributed by atoms with E-state index in [2.05, 4.69) is 6.92 Å². The minimum absolute atomic E-state index is 0.0588. The van der Waals surface area contributed by atoms with E-state index in [-0.39, 0.29) is 12.2 Å². The molecule has 9 heavy (non-hydrogen) atoms. The Bertz CT molecular complexity index is 101. The molecule has 0 aromatic carbocycles.